The van der Waals surface area contributed by atoms with Crippen LogP contribution in [0.4, 0.5) is 13.2 Å². The summed E-state index contributed by atoms with van der Waals surface area (Å²) in [6.07, 6.45) is -5.14. The van der Waals surface area contributed by atoms with Crippen LogP contribution in [0.25, 0.3) is 0 Å². The highest BCUT2D eigenvalue weighted by molar-refractivity contribution is 7.80. The Bertz CT molecular complexity index is 827. The molecule has 3 atom stereocenters. The van der Waals surface area contributed by atoms with E-state index in [0.29, 0.717) is 10.6 Å². The second-order valence-corrected chi connectivity index (χ2v) is 7.50. The molecule has 0 saturated carbocycles. The van der Waals surface area contributed by atoms with Crippen molar-refractivity contribution in [3.05, 3.63) is 57.2 Å². The van der Waals surface area contributed by atoms with E-state index in [9.17, 15) is 23.1 Å². The molecule has 0 bridgehead atoms. The molecule has 1 fully saturated rings. The van der Waals surface area contributed by atoms with Gasteiger partial charge < -0.3 is 15.7 Å². The summed E-state index contributed by atoms with van der Waals surface area (Å²) in [6, 6.07) is 7.72. The maximum Gasteiger partial charge on any atom is 0.437 e. The Labute approximate surface area is 161 Å². The van der Waals surface area contributed by atoms with E-state index in [1.165, 1.54) is 30.3 Å². The Morgan fingerprint density at radius 2 is 1.92 bits per heavy atom. The van der Waals surface area contributed by atoms with Crippen LogP contribution < -0.4 is 10.6 Å². The first-order valence-electron chi connectivity index (χ1n) is 7.34. The maximum absolute atomic E-state index is 13.7. The van der Waals surface area contributed by atoms with Crippen molar-refractivity contribution < 1.29 is 23.1 Å². The molecule has 1 aliphatic heterocycles. The van der Waals surface area contributed by atoms with Crippen LogP contribution in [0.1, 0.15) is 21.3 Å². The number of alkyl halides is 3. The van der Waals surface area contributed by atoms with Gasteiger partial charge in [-0.1, -0.05) is 29.8 Å². The van der Waals surface area contributed by atoms with Gasteiger partial charge in [-0.25, -0.2) is 0 Å². The van der Waals surface area contributed by atoms with Gasteiger partial charge in [0.15, 0.2) is 10.9 Å². The quantitative estimate of drug-likeness (QED) is 0.522. The lowest BCUT2D eigenvalue weighted by molar-refractivity contribution is -0.285. The third-order valence-corrected chi connectivity index (χ3v) is 5.44. The number of thiophene rings is 1. The van der Waals surface area contributed by atoms with Crippen molar-refractivity contribution in [1.82, 2.24) is 10.6 Å². The second kappa shape index (κ2) is 6.80. The fourth-order valence-electron chi connectivity index (χ4n) is 2.86. The smallest absolute Gasteiger partial charge is 0.363 e. The van der Waals surface area contributed by atoms with Crippen molar-refractivity contribution >= 4 is 46.1 Å². The fourth-order valence-corrected chi connectivity index (χ4v) is 3.97. The molecule has 138 valence electrons. The Morgan fingerprint density at radius 3 is 2.46 bits per heavy atom. The third-order valence-electron chi connectivity index (χ3n) is 4.08. The van der Waals surface area contributed by atoms with Crippen LogP contribution in [-0.2, 0) is 0 Å². The lowest BCUT2D eigenvalue weighted by atomic mass is 9.79. The average molecular weight is 421 g/mol. The zero-order valence-corrected chi connectivity index (χ0v) is 15.3. The van der Waals surface area contributed by atoms with Gasteiger partial charge in [0, 0.05) is 5.02 Å². The number of carbonyl (C=O) groups excluding carboxylic acids is 1. The SMILES string of the molecule is O=C(c1cccs1)[C@@H]1[C@H](c2ccc(Cl)cc2)NC(=S)N[C@@]1(O)C(F)(F)F. The van der Waals surface area contributed by atoms with Crippen LogP contribution >= 0.6 is 35.2 Å². The third kappa shape index (κ3) is 3.32. The normalized spacial score (nSPS) is 26.1. The molecule has 0 spiro atoms. The van der Waals surface area contributed by atoms with E-state index in [4.69, 9.17) is 23.8 Å². The van der Waals surface area contributed by atoms with Crippen LogP contribution in [0.2, 0.25) is 5.02 Å². The molecule has 0 unspecified atom stereocenters. The number of ketones is 1. The van der Waals surface area contributed by atoms with Gasteiger partial charge in [0.2, 0.25) is 5.72 Å². The van der Waals surface area contributed by atoms with Crippen LogP contribution in [0.5, 0.6) is 0 Å². The highest BCUT2D eigenvalue weighted by Gasteiger charge is 2.65. The van der Waals surface area contributed by atoms with Crippen molar-refractivity contribution in [2.45, 2.75) is 17.9 Å². The standard InChI is InChI=1S/C16H12ClF3N2O2S2/c17-9-5-3-8(4-6-9)12-11(13(23)10-2-1-7-26-10)15(24,16(18,19)20)22-14(25)21-12/h1-7,11-12,24H,(H2,21,22,25)/t11-,12-,15-/m0/s1. The zero-order chi connectivity index (χ0) is 19.1. The molecule has 0 aliphatic carbocycles. The van der Waals surface area contributed by atoms with Crippen molar-refractivity contribution in [3.8, 4) is 0 Å². The largest absolute Gasteiger partial charge is 0.437 e. The molecule has 2 heterocycles. The van der Waals surface area contributed by atoms with Gasteiger partial charge in [0.05, 0.1) is 10.9 Å². The molecule has 26 heavy (non-hydrogen) atoms. The van der Waals surface area contributed by atoms with Crippen molar-refractivity contribution in [2.75, 3.05) is 0 Å². The predicted molar refractivity (Wildman–Crippen MR) is 96.2 cm³/mol. The number of hydrogen-bond acceptors (Lipinski definition) is 4. The van der Waals surface area contributed by atoms with Gasteiger partial charge in [-0.05, 0) is 41.4 Å². The molecule has 1 aromatic heterocycles. The van der Waals surface area contributed by atoms with Crippen LogP contribution in [0.15, 0.2) is 41.8 Å². The average Bonchev–Trinajstić information content (AvgIpc) is 3.08. The van der Waals surface area contributed by atoms with Crippen molar-refractivity contribution in [3.63, 3.8) is 0 Å². The van der Waals surface area contributed by atoms with E-state index >= 15 is 0 Å². The van der Waals surface area contributed by atoms with Gasteiger partial charge in [0.1, 0.15) is 5.92 Å². The van der Waals surface area contributed by atoms with Crippen molar-refractivity contribution in [2.24, 2.45) is 5.92 Å². The summed E-state index contributed by atoms with van der Waals surface area (Å²) in [7, 11) is 0. The minimum atomic E-state index is -5.14. The van der Waals surface area contributed by atoms with E-state index in [-0.39, 0.29) is 4.88 Å². The number of rotatable bonds is 3. The molecule has 2 aromatic rings. The molecule has 3 rings (SSSR count). The van der Waals surface area contributed by atoms with E-state index in [1.807, 2.05) is 5.32 Å². The van der Waals surface area contributed by atoms with Crippen molar-refractivity contribution in [1.29, 1.82) is 0 Å². The molecule has 10 heteroatoms. The van der Waals surface area contributed by atoms with E-state index < -0.39 is 34.8 Å². The second-order valence-electron chi connectivity index (χ2n) is 5.71. The summed E-state index contributed by atoms with van der Waals surface area (Å²) in [6.45, 7) is 0. The highest BCUT2D eigenvalue weighted by Crippen LogP contribution is 2.44. The van der Waals surface area contributed by atoms with E-state index in [2.05, 4.69) is 5.32 Å². The first-order valence-corrected chi connectivity index (χ1v) is 9.01. The number of carbonyl (C=O) groups is 1. The molecular weight excluding hydrogens is 409 g/mol. The van der Waals surface area contributed by atoms with Crippen LogP contribution in [0.3, 0.4) is 0 Å². The topological polar surface area (TPSA) is 61.4 Å². The zero-order valence-electron chi connectivity index (χ0n) is 12.9. The van der Waals surface area contributed by atoms with E-state index in [0.717, 1.165) is 11.3 Å². The Hall–Kier alpha value is -1.68. The van der Waals surface area contributed by atoms with Gasteiger partial charge in [-0.2, -0.15) is 13.2 Å². The molecule has 0 radical (unpaired) electrons. The minimum Gasteiger partial charge on any atom is -0.363 e. The predicted octanol–water partition coefficient (Wildman–Crippen LogP) is 3.67. The Balaban J connectivity index is 2.14. The molecule has 1 aliphatic rings. The molecular formula is C16H12ClF3N2O2S2. The number of thiocarbonyl (C=S) groups is 1. The molecule has 1 aromatic carbocycles. The summed E-state index contributed by atoms with van der Waals surface area (Å²) < 4.78 is 41.2. The fraction of sp³-hybridized carbons (Fsp3) is 0.250. The summed E-state index contributed by atoms with van der Waals surface area (Å²) in [5.41, 5.74) is -3.17. The summed E-state index contributed by atoms with van der Waals surface area (Å²) in [5.74, 6) is -2.74. The summed E-state index contributed by atoms with van der Waals surface area (Å²) in [5, 5.41) is 16.6. The minimum absolute atomic E-state index is 0.105. The molecule has 0 amide bonds. The van der Waals surface area contributed by atoms with Crippen LogP contribution in [-0.4, -0.2) is 27.9 Å². The van der Waals surface area contributed by atoms with Gasteiger partial charge >= 0.3 is 6.18 Å². The molecule has 3 N–H and O–H groups in total. The van der Waals surface area contributed by atoms with Gasteiger partial charge in [0.25, 0.3) is 0 Å². The number of nitrogens with one attached hydrogen (secondary N) is 2. The van der Waals surface area contributed by atoms with Gasteiger partial charge in [-0.15, -0.1) is 11.3 Å². The van der Waals surface area contributed by atoms with Crippen LogP contribution in [0, 0.1) is 5.92 Å². The number of Topliss-reactive ketones (excluding diaryl/α,β-unsaturated/α-hetero) is 1. The molecule has 4 nitrogen and oxygen atoms in total. The first kappa shape index (κ1) is 19.1. The van der Waals surface area contributed by atoms with Gasteiger partial charge in [-0.3, -0.25) is 4.79 Å². The highest BCUT2D eigenvalue weighted by atomic mass is 35.5. The Kier molecular flexibility index (Phi) is 5.00. The number of halogens is 4. The summed E-state index contributed by atoms with van der Waals surface area (Å²) >= 11 is 11.7. The number of aliphatic hydroxyl groups is 1. The number of hydrogen-bond donors (Lipinski definition) is 3. The summed E-state index contributed by atoms with van der Waals surface area (Å²) in [4.78, 5) is 13.0. The van der Waals surface area contributed by atoms with E-state index in [1.54, 1.807) is 11.4 Å². The lowest BCUT2D eigenvalue weighted by Crippen LogP contribution is -2.72. The monoisotopic (exact) mass is 420 g/mol. The number of benzene rings is 1. The lowest BCUT2D eigenvalue weighted by Gasteiger charge is -2.46. The Morgan fingerprint density at radius 1 is 1.27 bits per heavy atom. The first-order chi connectivity index (χ1) is 12.1. The maximum atomic E-state index is 13.7. The molecule has 1 saturated heterocycles.